The summed E-state index contributed by atoms with van der Waals surface area (Å²) >= 11 is 1.45. The SMILES string of the molecule is Cc1ccccc1-n1ncc2c(=O)n3c(nc21)SCC3CC(=O)Nc1ccc(C(N)=O)cc1. The Balaban J connectivity index is 1.41. The van der Waals surface area contributed by atoms with Crippen molar-refractivity contribution in [3.63, 3.8) is 0 Å². The number of carbonyl (C=O) groups excluding carboxylic acids is 2. The number of nitrogens with zero attached hydrogens (tertiary/aromatic N) is 4. The summed E-state index contributed by atoms with van der Waals surface area (Å²) in [5, 5.41) is 8.20. The Kier molecular flexibility index (Phi) is 5.21. The van der Waals surface area contributed by atoms with Gasteiger partial charge >= 0.3 is 0 Å². The van der Waals surface area contributed by atoms with Gasteiger partial charge in [0.05, 0.1) is 17.9 Å². The van der Waals surface area contributed by atoms with E-state index in [0.29, 0.717) is 33.2 Å². The molecule has 0 saturated carbocycles. The minimum atomic E-state index is -0.531. The highest BCUT2D eigenvalue weighted by Gasteiger charge is 2.29. The smallest absolute Gasteiger partial charge is 0.265 e. The molecule has 1 aliphatic rings. The summed E-state index contributed by atoms with van der Waals surface area (Å²) in [6, 6.07) is 13.8. The van der Waals surface area contributed by atoms with Crippen LogP contribution in [0.25, 0.3) is 16.7 Å². The number of benzene rings is 2. The fraction of sp³-hybridized carbons (Fsp3) is 0.174. The first kappa shape index (κ1) is 21.0. The molecule has 1 atom stereocenters. The van der Waals surface area contributed by atoms with E-state index in [1.807, 2.05) is 31.2 Å². The average molecular weight is 461 g/mol. The van der Waals surface area contributed by atoms with Gasteiger partial charge in [0, 0.05) is 23.4 Å². The van der Waals surface area contributed by atoms with E-state index in [1.165, 1.54) is 18.0 Å². The van der Waals surface area contributed by atoms with E-state index in [1.54, 1.807) is 33.5 Å². The number of hydrogen-bond donors (Lipinski definition) is 2. The molecule has 2 amide bonds. The van der Waals surface area contributed by atoms with Crippen molar-refractivity contribution in [1.29, 1.82) is 0 Å². The van der Waals surface area contributed by atoms with E-state index in [9.17, 15) is 14.4 Å². The van der Waals surface area contributed by atoms with Gasteiger partial charge < -0.3 is 11.1 Å². The van der Waals surface area contributed by atoms with Gasteiger partial charge in [0.2, 0.25) is 11.8 Å². The van der Waals surface area contributed by atoms with Crippen molar-refractivity contribution < 1.29 is 9.59 Å². The number of rotatable bonds is 5. The Morgan fingerprint density at radius 3 is 2.67 bits per heavy atom. The number of amides is 2. The Labute approximate surface area is 192 Å². The largest absolute Gasteiger partial charge is 0.366 e. The van der Waals surface area contributed by atoms with E-state index in [2.05, 4.69) is 10.4 Å². The van der Waals surface area contributed by atoms with Gasteiger partial charge in [0.1, 0.15) is 5.39 Å². The molecule has 4 aromatic rings. The molecule has 5 rings (SSSR count). The predicted molar refractivity (Wildman–Crippen MR) is 126 cm³/mol. The molecule has 0 saturated heterocycles. The number of nitrogens with one attached hydrogen (secondary N) is 1. The fourth-order valence-electron chi connectivity index (χ4n) is 3.90. The molecule has 2 aromatic heterocycles. The monoisotopic (exact) mass is 460 g/mol. The number of aryl methyl sites for hydroxylation is 1. The van der Waals surface area contributed by atoms with Crippen molar-refractivity contribution in [3.8, 4) is 5.69 Å². The molecule has 1 unspecified atom stereocenters. The van der Waals surface area contributed by atoms with Gasteiger partial charge in [-0.2, -0.15) is 5.10 Å². The van der Waals surface area contributed by atoms with E-state index < -0.39 is 5.91 Å². The van der Waals surface area contributed by atoms with E-state index in [0.717, 1.165) is 11.3 Å². The van der Waals surface area contributed by atoms with Crippen molar-refractivity contribution in [2.75, 3.05) is 11.1 Å². The van der Waals surface area contributed by atoms with Crippen molar-refractivity contribution >= 4 is 40.3 Å². The predicted octanol–water partition coefficient (Wildman–Crippen LogP) is 2.67. The van der Waals surface area contributed by atoms with Crippen LogP contribution in [0.2, 0.25) is 0 Å². The lowest BCUT2D eigenvalue weighted by molar-refractivity contribution is -0.116. The lowest BCUT2D eigenvalue weighted by Gasteiger charge is -2.14. The molecule has 0 aliphatic carbocycles. The third kappa shape index (κ3) is 3.78. The van der Waals surface area contributed by atoms with Gasteiger partial charge in [-0.05, 0) is 42.8 Å². The highest BCUT2D eigenvalue weighted by Crippen LogP contribution is 2.33. The zero-order valence-corrected chi connectivity index (χ0v) is 18.5. The lowest BCUT2D eigenvalue weighted by atomic mass is 10.2. The number of carbonyl (C=O) groups is 2. The van der Waals surface area contributed by atoms with Gasteiger partial charge in [-0.3, -0.25) is 19.0 Å². The quantitative estimate of drug-likeness (QED) is 0.441. The van der Waals surface area contributed by atoms with Crippen molar-refractivity contribution in [3.05, 3.63) is 76.2 Å². The molecule has 0 radical (unpaired) electrons. The molecule has 3 N–H and O–H groups in total. The summed E-state index contributed by atoms with van der Waals surface area (Å²) in [7, 11) is 0. The first-order valence-corrected chi connectivity index (χ1v) is 11.3. The van der Waals surface area contributed by atoms with Crippen LogP contribution in [-0.4, -0.2) is 36.9 Å². The second kappa shape index (κ2) is 8.21. The zero-order chi connectivity index (χ0) is 23.1. The Hall–Kier alpha value is -3.92. The molecule has 10 heteroatoms. The van der Waals surface area contributed by atoms with Crippen LogP contribution in [0.1, 0.15) is 28.4 Å². The number of primary amides is 1. The number of hydrogen-bond acceptors (Lipinski definition) is 6. The van der Waals surface area contributed by atoms with E-state index in [-0.39, 0.29) is 23.9 Å². The molecule has 0 fully saturated rings. The maximum absolute atomic E-state index is 13.3. The number of thioether (sulfide) groups is 1. The molecule has 0 spiro atoms. The molecular formula is C23H20N6O3S. The third-order valence-electron chi connectivity index (χ3n) is 5.59. The van der Waals surface area contributed by atoms with Crippen molar-refractivity contribution in [2.24, 2.45) is 5.73 Å². The summed E-state index contributed by atoms with van der Waals surface area (Å²) in [4.78, 5) is 41.8. The number of aromatic nitrogens is 4. The normalized spacial score (nSPS) is 14.9. The molecule has 166 valence electrons. The van der Waals surface area contributed by atoms with Gasteiger partial charge in [-0.1, -0.05) is 30.0 Å². The van der Waals surface area contributed by atoms with Crippen molar-refractivity contribution in [1.82, 2.24) is 19.3 Å². The Morgan fingerprint density at radius 1 is 1.18 bits per heavy atom. The van der Waals surface area contributed by atoms with Gasteiger partial charge in [-0.15, -0.1) is 0 Å². The Bertz CT molecular complexity index is 1460. The van der Waals surface area contributed by atoms with Crippen LogP contribution in [0.3, 0.4) is 0 Å². The van der Waals surface area contributed by atoms with Gasteiger partial charge in [-0.25, -0.2) is 9.67 Å². The maximum atomic E-state index is 13.3. The fourth-order valence-corrected chi connectivity index (χ4v) is 5.03. The van der Waals surface area contributed by atoms with Gasteiger partial charge in [0.15, 0.2) is 10.8 Å². The number of fused-ring (bicyclic) bond motifs is 2. The molecule has 9 nitrogen and oxygen atoms in total. The summed E-state index contributed by atoms with van der Waals surface area (Å²) < 4.78 is 3.27. The summed E-state index contributed by atoms with van der Waals surface area (Å²) in [5.41, 5.74) is 8.35. The number of anilines is 1. The van der Waals surface area contributed by atoms with E-state index in [4.69, 9.17) is 10.7 Å². The van der Waals surface area contributed by atoms with Crippen LogP contribution in [0.15, 0.2) is 64.7 Å². The molecule has 0 bridgehead atoms. The van der Waals surface area contributed by atoms with Gasteiger partial charge in [0.25, 0.3) is 5.56 Å². The summed E-state index contributed by atoms with van der Waals surface area (Å²) in [5.74, 6) is -0.194. The van der Waals surface area contributed by atoms with Crippen LogP contribution >= 0.6 is 11.8 Å². The summed E-state index contributed by atoms with van der Waals surface area (Å²) in [6.45, 7) is 1.98. The third-order valence-corrected chi connectivity index (χ3v) is 6.69. The molecule has 1 aliphatic heterocycles. The molecule has 2 aromatic carbocycles. The highest BCUT2D eigenvalue weighted by atomic mass is 32.2. The van der Waals surface area contributed by atoms with Crippen LogP contribution in [0.5, 0.6) is 0 Å². The van der Waals surface area contributed by atoms with E-state index >= 15 is 0 Å². The van der Waals surface area contributed by atoms with Crippen LogP contribution < -0.4 is 16.6 Å². The van der Waals surface area contributed by atoms with Crippen LogP contribution in [0, 0.1) is 6.92 Å². The van der Waals surface area contributed by atoms with Crippen molar-refractivity contribution in [2.45, 2.75) is 24.5 Å². The standard InChI is InChI=1S/C23H20N6O3S/c1-13-4-2-3-5-18(13)29-21-17(11-25-29)22(32)28-16(12-33-23(28)27-21)10-19(30)26-15-8-6-14(7-9-15)20(24)31/h2-9,11,16H,10,12H2,1H3,(H2,24,31)(H,26,30). The lowest BCUT2D eigenvalue weighted by Crippen LogP contribution is -2.27. The second-order valence-corrected chi connectivity index (χ2v) is 8.80. The topological polar surface area (TPSA) is 125 Å². The zero-order valence-electron chi connectivity index (χ0n) is 17.7. The maximum Gasteiger partial charge on any atom is 0.265 e. The molecule has 3 heterocycles. The first-order valence-electron chi connectivity index (χ1n) is 10.3. The molecular weight excluding hydrogens is 440 g/mol. The number of para-hydroxylation sites is 1. The van der Waals surface area contributed by atoms with Crippen LogP contribution in [-0.2, 0) is 4.79 Å². The minimum Gasteiger partial charge on any atom is -0.366 e. The first-order chi connectivity index (χ1) is 15.9. The molecule has 33 heavy (non-hydrogen) atoms. The average Bonchev–Trinajstić information content (AvgIpc) is 3.39. The Morgan fingerprint density at radius 2 is 1.94 bits per heavy atom. The second-order valence-electron chi connectivity index (χ2n) is 7.81. The summed E-state index contributed by atoms with van der Waals surface area (Å²) in [6.07, 6.45) is 1.65. The highest BCUT2D eigenvalue weighted by molar-refractivity contribution is 7.99. The minimum absolute atomic E-state index is 0.122. The number of nitrogens with two attached hydrogens (primary N) is 1. The van der Waals surface area contributed by atoms with Crippen LogP contribution in [0.4, 0.5) is 5.69 Å².